The molecule has 0 aliphatic heterocycles. The lowest BCUT2D eigenvalue weighted by Crippen LogP contribution is -2.34. The van der Waals surface area contributed by atoms with E-state index in [9.17, 15) is 4.79 Å². The monoisotopic (exact) mass is 442 g/mol. The van der Waals surface area contributed by atoms with Crippen molar-refractivity contribution in [1.29, 1.82) is 0 Å². The minimum atomic E-state index is -0.0108. The second-order valence-electron chi connectivity index (χ2n) is 8.24. The van der Waals surface area contributed by atoms with Gasteiger partial charge in [0.1, 0.15) is 5.82 Å². The molecule has 2 aromatic carbocycles. The average Bonchev–Trinajstić information content (AvgIpc) is 3.51. The minimum Gasteiger partial charge on any atom is -0.352 e. The number of nitrogens with zero attached hydrogens (tertiary/aromatic N) is 3. The van der Waals surface area contributed by atoms with Crippen LogP contribution in [-0.2, 0) is 4.79 Å². The maximum Gasteiger partial charge on any atom is 0.222 e. The van der Waals surface area contributed by atoms with Crippen LogP contribution in [0, 0.1) is 0 Å². The van der Waals surface area contributed by atoms with Crippen molar-refractivity contribution in [1.82, 2.24) is 15.3 Å². The molecule has 1 aliphatic rings. The maximum atomic E-state index is 12.8. The highest BCUT2D eigenvalue weighted by Gasteiger charge is 2.32. The number of anilines is 1. The standard InChI is InChI=1S/C26H26N4OS/c1-18(19-8-3-2-4-9-19)27-24(31)15-16-30(20-13-14-20)26-21-10-5-6-11-22(21)28-25(29-26)23-12-7-17-32-23/h2-12,17-18,20H,13-16H2,1H3,(H,27,31)/t18-/m0/s1. The predicted octanol–water partition coefficient (Wildman–Crippen LogP) is 5.59. The molecule has 162 valence electrons. The van der Waals surface area contributed by atoms with E-state index in [1.54, 1.807) is 11.3 Å². The molecule has 1 aliphatic carbocycles. The summed E-state index contributed by atoms with van der Waals surface area (Å²) in [6, 6.07) is 22.7. The zero-order valence-electron chi connectivity index (χ0n) is 18.1. The summed E-state index contributed by atoms with van der Waals surface area (Å²) >= 11 is 1.64. The summed E-state index contributed by atoms with van der Waals surface area (Å²) in [6.45, 7) is 2.67. The van der Waals surface area contributed by atoms with E-state index in [1.807, 2.05) is 66.9 Å². The van der Waals surface area contributed by atoms with Gasteiger partial charge in [-0.05, 0) is 48.9 Å². The second-order valence-corrected chi connectivity index (χ2v) is 9.19. The van der Waals surface area contributed by atoms with Crippen molar-refractivity contribution < 1.29 is 4.79 Å². The van der Waals surface area contributed by atoms with Crippen molar-refractivity contribution in [3.8, 4) is 10.7 Å². The Balaban J connectivity index is 1.38. The van der Waals surface area contributed by atoms with Gasteiger partial charge in [0, 0.05) is 24.4 Å². The number of para-hydroxylation sites is 1. The summed E-state index contributed by atoms with van der Waals surface area (Å²) < 4.78 is 0. The SMILES string of the molecule is C[C@H](NC(=O)CCN(c1nc(-c2cccs2)nc2ccccc12)C1CC1)c1ccccc1. The highest BCUT2D eigenvalue weighted by Crippen LogP contribution is 2.36. The molecule has 1 amide bonds. The Bertz CT molecular complexity index is 1210. The fraction of sp³-hybridized carbons (Fsp3) is 0.269. The van der Waals surface area contributed by atoms with Crippen molar-refractivity contribution in [3.63, 3.8) is 0 Å². The van der Waals surface area contributed by atoms with Crippen molar-refractivity contribution in [2.24, 2.45) is 0 Å². The summed E-state index contributed by atoms with van der Waals surface area (Å²) in [6.07, 6.45) is 2.70. The molecule has 6 heteroatoms. The first kappa shape index (κ1) is 20.6. The normalized spacial score (nSPS) is 14.3. The molecule has 32 heavy (non-hydrogen) atoms. The Morgan fingerprint density at radius 2 is 1.84 bits per heavy atom. The molecule has 0 radical (unpaired) electrons. The molecule has 2 aromatic heterocycles. The van der Waals surface area contributed by atoms with Crippen molar-refractivity contribution >= 4 is 34.0 Å². The minimum absolute atomic E-state index is 0.0108. The van der Waals surface area contributed by atoms with E-state index in [0.29, 0.717) is 19.0 Å². The largest absolute Gasteiger partial charge is 0.352 e. The van der Waals surface area contributed by atoms with Gasteiger partial charge in [-0.25, -0.2) is 9.97 Å². The third-order valence-electron chi connectivity index (χ3n) is 5.84. The number of nitrogens with one attached hydrogen (secondary N) is 1. The van der Waals surface area contributed by atoms with Gasteiger partial charge in [0.2, 0.25) is 5.91 Å². The van der Waals surface area contributed by atoms with Gasteiger partial charge in [-0.2, -0.15) is 0 Å². The zero-order valence-corrected chi connectivity index (χ0v) is 18.9. The molecule has 0 spiro atoms. The van der Waals surface area contributed by atoms with Crippen LogP contribution in [0.5, 0.6) is 0 Å². The van der Waals surface area contributed by atoms with Crippen molar-refractivity contribution in [2.45, 2.75) is 38.3 Å². The van der Waals surface area contributed by atoms with Crippen LogP contribution < -0.4 is 10.2 Å². The molecule has 1 fully saturated rings. The molecule has 4 aromatic rings. The van der Waals surface area contributed by atoms with Crippen LogP contribution in [0.2, 0.25) is 0 Å². The second kappa shape index (κ2) is 9.09. The van der Waals surface area contributed by atoms with E-state index >= 15 is 0 Å². The van der Waals surface area contributed by atoms with Crippen LogP contribution in [0.1, 0.15) is 37.8 Å². The topological polar surface area (TPSA) is 58.1 Å². The van der Waals surface area contributed by atoms with E-state index in [-0.39, 0.29) is 11.9 Å². The van der Waals surface area contributed by atoms with E-state index in [0.717, 1.165) is 45.8 Å². The number of fused-ring (bicyclic) bond motifs is 1. The number of carbonyl (C=O) groups excluding carboxylic acids is 1. The molecule has 0 bridgehead atoms. The summed E-state index contributed by atoms with van der Waals surface area (Å²) in [7, 11) is 0. The Labute approximate surface area is 192 Å². The predicted molar refractivity (Wildman–Crippen MR) is 131 cm³/mol. The summed E-state index contributed by atoms with van der Waals surface area (Å²) in [5.41, 5.74) is 2.05. The molecule has 1 saturated carbocycles. The lowest BCUT2D eigenvalue weighted by Gasteiger charge is -2.25. The first-order chi connectivity index (χ1) is 15.7. The van der Waals surface area contributed by atoms with E-state index in [2.05, 4.69) is 22.3 Å². The molecule has 1 atom stereocenters. The van der Waals surface area contributed by atoms with Gasteiger partial charge >= 0.3 is 0 Å². The molecule has 5 nitrogen and oxygen atoms in total. The third-order valence-corrected chi connectivity index (χ3v) is 6.71. The number of aromatic nitrogens is 2. The Morgan fingerprint density at radius 1 is 1.06 bits per heavy atom. The first-order valence-electron chi connectivity index (χ1n) is 11.1. The Morgan fingerprint density at radius 3 is 2.59 bits per heavy atom. The van der Waals surface area contributed by atoms with Gasteiger partial charge in [0.25, 0.3) is 0 Å². The lowest BCUT2D eigenvalue weighted by molar-refractivity contribution is -0.121. The molecule has 1 N–H and O–H groups in total. The highest BCUT2D eigenvalue weighted by atomic mass is 32.1. The van der Waals surface area contributed by atoms with Crippen molar-refractivity contribution in [3.05, 3.63) is 77.7 Å². The summed E-state index contributed by atoms with van der Waals surface area (Å²) in [5, 5.41) is 6.22. The third kappa shape index (κ3) is 4.50. The molecule has 2 heterocycles. The van der Waals surface area contributed by atoms with Crippen LogP contribution >= 0.6 is 11.3 Å². The summed E-state index contributed by atoms with van der Waals surface area (Å²) in [4.78, 5) is 25.9. The van der Waals surface area contributed by atoms with Gasteiger partial charge in [-0.1, -0.05) is 48.5 Å². The zero-order chi connectivity index (χ0) is 21.9. The number of carbonyl (C=O) groups is 1. The fourth-order valence-corrected chi connectivity index (χ4v) is 4.66. The number of amides is 1. The average molecular weight is 443 g/mol. The van der Waals surface area contributed by atoms with Crippen LogP contribution in [0.15, 0.2) is 72.1 Å². The first-order valence-corrected chi connectivity index (χ1v) is 12.0. The number of hydrogen-bond donors (Lipinski definition) is 1. The number of rotatable bonds is 8. The summed E-state index contributed by atoms with van der Waals surface area (Å²) in [5.74, 6) is 1.75. The quantitative estimate of drug-likeness (QED) is 0.386. The van der Waals surface area contributed by atoms with Crippen LogP contribution in [0.4, 0.5) is 5.82 Å². The van der Waals surface area contributed by atoms with Crippen LogP contribution in [0.3, 0.4) is 0 Å². The lowest BCUT2D eigenvalue weighted by atomic mass is 10.1. The van der Waals surface area contributed by atoms with Crippen molar-refractivity contribution in [2.75, 3.05) is 11.4 Å². The molecular weight excluding hydrogens is 416 g/mol. The smallest absolute Gasteiger partial charge is 0.222 e. The Kier molecular flexibility index (Phi) is 5.86. The van der Waals surface area contributed by atoms with Gasteiger partial charge in [-0.15, -0.1) is 11.3 Å². The fourth-order valence-electron chi connectivity index (χ4n) is 4.00. The molecule has 0 unspecified atom stereocenters. The molecule has 0 saturated heterocycles. The number of thiophene rings is 1. The van der Waals surface area contributed by atoms with E-state index < -0.39 is 0 Å². The number of hydrogen-bond acceptors (Lipinski definition) is 5. The van der Waals surface area contributed by atoms with Gasteiger partial charge in [0.05, 0.1) is 16.4 Å². The highest BCUT2D eigenvalue weighted by molar-refractivity contribution is 7.13. The van der Waals surface area contributed by atoms with Gasteiger partial charge in [0.15, 0.2) is 5.82 Å². The maximum absolute atomic E-state index is 12.8. The van der Waals surface area contributed by atoms with Gasteiger partial charge in [-0.3, -0.25) is 4.79 Å². The Hall–Kier alpha value is -3.25. The molecular formula is C26H26N4OS. The van der Waals surface area contributed by atoms with Gasteiger partial charge < -0.3 is 10.2 Å². The van der Waals surface area contributed by atoms with E-state index in [4.69, 9.17) is 9.97 Å². The van der Waals surface area contributed by atoms with Crippen LogP contribution in [-0.4, -0.2) is 28.5 Å². The molecule has 5 rings (SSSR count). The van der Waals surface area contributed by atoms with Crippen LogP contribution in [0.25, 0.3) is 21.6 Å². The number of benzene rings is 2. The van der Waals surface area contributed by atoms with E-state index in [1.165, 1.54) is 0 Å².